The van der Waals surface area contributed by atoms with Gasteiger partial charge in [-0.15, -0.1) is 0 Å². The average molecular weight is 410 g/mol. The van der Waals surface area contributed by atoms with E-state index >= 15 is 0 Å². The molecule has 2 aromatic rings. The van der Waals surface area contributed by atoms with Crippen molar-refractivity contribution in [2.24, 2.45) is 4.99 Å². The quantitative estimate of drug-likeness (QED) is 0.708. The Morgan fingerprint density at radius 1 is 1.10 bits per heavy atom. The van der Waals surface area contributed by atoms with Crippen molar-refractivity contribution in [1.29, 1.82) is 0 Å². The molecule has 0 bridgehead atoms. The van der Waals surface area contributed by atoms with E-state index < -0.39 is 6.04 Å². The van der Waals surface area contributed by atoms with Gasteiger partial charge in [-0.25, -0.2) is 9.79 Å². The molecule has 1 aliphatic heterocycles. The van der Waals surface area contributed by atoms with E-state index in [0.29, 0.717) is 23.0 Å². The first-order valence-corrected chi connectivity index (χ1v) is 10.3. The number of rotatable bonds is 6. The number of nitrogens with zero attached hydrogens (tertiary/aromatic N) is 1. The highest BCUT2D eigenvalue weighted by Gasteiger charge is 2.30. The summed E-state index contributed by atoms with van der Waals surface area (Å²) in [6.07, 6.45) is 0. The summed E-state index contributed by atoms with van der Waals surface area (Å²) < 4.78 is 5.23. The number of ether oxygens (including phenoxy) is 1. The van der Waals surface area contributed by atoms with Gasteiger partial charge in [-0.3, -0.25) is 4.79 Å². The zero-order chi connectivity index (χ0) is 20.6. The first-order chi connectivity index (χ1) is 14.1. The number of amides is 1. The molecule has 2 N–H and O–H groups in total. The van der Waals surface area contributed by atoms with Crippen LogP contribution in [0.3, 0.4) is 0 Å². The second-order valence-corrected chi connectivity index (χ2v) is 7.30. The van der Waals surface area contributed by atoms with Crippen LogP contribution in [0.15, 0.2) is 76.9 Å². The van der Waals surface area contributed by atoms with E-state index in [0.717, 1.165) is 11.3 Å². The van der Waals surface area contributed by atoms with Gasteiger partial charge >= 0.3 is 5.97 Å². The third-order valence-corrected chi connectivity index (χ3v) is 5.11. The number of nitrogens with one attached hydrogen (secondary N) is 2. The van der Waals surface area contributed by atoms with Gasteiger partial charge in [0.2, 0.25) is 5.91 Å². The van der Waals surface area contributed by atoms with E-state index in [-0.39, 0.29) is 17.6 Å². The highest BCUT2D eigenvalue weighted by molar-refractivity contribution is 8.14. The number of anilines is 1. The molecule has 0 unspecified atom stereocenters. The predicted molar refractivity (Wildman–Crippen MR) is 117 cm³/mol. The van der Waals surface area contributed by atoms with Crippen LogP contribution < -0.4 is 10.6 Å². The Balaban J connectivity index is 1.74. The Bertz CT molecular complexity index is 927. The van der Waals surface area contributed by atoms with Gasteiger partial charge < -0.3 is 15.4 Å². The van der Waals surface area contributed by atoms with Crippen LogP contribution in [-0.2, 0) is 14.3 Å². The fourth-order valence-electron chi connectivity index (χ4n) is 2.92. The SMILES string of the molecule is CCOC(=O)C1=C(C)NC(SCC(=O)Nc2ccccc2)=N[C@H]1c1ccccc1. The van der Waals surface area contributed by atoms with Crippen molar-refractivity contribution in [1.82, 2.24) is 5.32 Å². The van der Waals surface area contributed by atoms with Crippen LogP contribution in [0.2, 0.25) is 0 Å². The first-order valence-electron chi connectivity index (χ1n) is 9.34. The van der Waals surface area contributed by atoms with Crippen LogP contribution >= 0.6 is 11.8 Å². The van der Waals surface area contributed by atoms with Crippen molar-refractivity contribution in [2.75, 3.05) is 17.7 Å². The average Bonchev–Trinajstić information content (AvgIpc) is 2.73. The van der Waals surface area contributed by atoms with Gasteiger partial charge in [0.25, 0.3) is 0 Å². The van der Waals surface area contributed by atoms with Crippen molar-refractivity contribution >= 4 is 34.5 Å². The van der Waals surface area contributed by atoms with Crippen LogP contribution in [0, 0.1) is 0 Å². The molecular formula is C22H23N3O3S. The third-order valence-electron chi connectivity index (χ3n) is 4.23. The lowest BCUT2D eigenvalue weighted by Crippen LogP contribution is -2.31. The summed E-state index contributed by atoms with van der Waals surface area (Å²) in [5, 5.41) is 6.58. The minimum atomic E-state index is -0.476. The molecule has 7 heteroatoms. The zero-order valence-electron chi connectivity index (χ0n) is 16.3. The van der Waals surface area contributed by atoms with Gasteiger partial charge in [-0.05, 0) is 31.5 Å². The molecule has 6 nitrogen and oxygen atoms in total. The lowest BCUT2D eigenvalue weighted by Gasteiger charge is -2.25. The molecule has 1 amide bonds. The number of para-hydroxylation sites is 1. The molecule has 1 atom stereocenters. The van der Waals surface area contributed by atoms with Crippen molar-refractivity contribution < 1.29 is 14.3 Å². The van der Waals surface area contributed by atoms with Crippen LogP contribution in [-0.4, -0.2) is 29.4 Å². The maximum absolute atomic E-state index is 12.5. The molecule has 0 saturated carbocycles. The van der Waals surface area contributed by atoms with Gasteiger partial charge in [0.05, 0.1) is 17.9 Å². The van der Waals surface area contributed by atoms with Crippen molar-refractivity contribution in [2.45, 2.75) is 19.9 Å². The number of thioether (sulfide) groups is 1. The Morgan fingerprint density at radius 2 is 1.76 bits per heavy atom. The van der Waals surface area contributed by atoms with Crippen molar-refractivity contribution in [3.05, 3.63) is 77.5 Å². The normalized spacial score (nSPS) is 15.9. The van der Waals surface area contributed by atoms with Gasteiger partial charge in [-0.1, -0.05) is 60.3 Å². The highest BCUT2D eigenvalue weighted by Crippen LogP contribution is 2.32. The molecule has 29 heavy (non-hydrogen) atoms. The van der Waals surface area contributed by atoms with Crippen LogP contribution in [0.1, 0.15) is 25.5 Å². The monoisotopic (exact) mass is 409 g/mol. The molecule has 1 heterocycles. The number of hydrogen-bond donors (Lipinski definition) is 2. The minimum Gasteiger partial charge on any atom is -0.463 e. The number of esters is 1. The number of carbonyl (C=O) groups is 2. The Kier molecular flexibility index (Phi) is 7.08. The van der Waals surface area contributed by atoms with Gasteiger partial charge in [0.1, 0.15) is 6.04 Å². The third kappa shape index (κ3) is 5.48. The molecular weight excluding hydrogens is 386 g/mol. The summed E-state index contributed by atoms with van der Waals surface area (Å²) in [7, 11) is 0. The molecule has 0 saturated heterocycles. The summed E-state index contributed by atoms with van der Waals surface area (Å²) in [6.45, 7) is 3.89. The largest absolute Gasteiger partial charge is 0.463 e. The number of hydrogen-bond acceptors (Lipinski definition) is 6. The fraction of sp³-hybridized carbons (Fsp3) is 0.227. The number of carbonyl (C=O) groups excluding carboxylic acids is 2. The Morgan fingerprint density at radius 3 is 2.41 bits per heavy atom. The lowest BCUT2D eigenvalue weighted by molar-refractivity contribution is -0.139. The maximum Gasteiger partial charge on any atom is 0.338 e. The summed E-state index contributed by atoms with van der Waals surface area (Å²) >= 11 is 1.29. The molecule has 3 rings (SSSR count). The zero-order valence-corrected chi connectivity index (χ0v) is 17.2. The number of aliphatic imine (C=N–C) groups is 1. The number of amidine groups is 1. The predicted octanol–water partition coefficient (Wildman–Crippen LogP) is 3.90. The lowest BCUT2D eigenvalue weighted by atomic mass is 9.97. The summed E-state index contributed by atoms with van der Waals surface area (Å²) in [6, 6.07) is 18.4. The van der Waals surface area contributed by atoms with E-state index in [1.807, 2.05) is 67.6 Å². The molecule has 0 spiro atoms. The summed E-state index contributed by atoms with van der Waals surface area (Å²) in [5.74, 6) is -0.315. The van der Waals surface area contributed by atoms with Crippen LogP contribution in [0.25, 0.3) is 0 Å². The van der Waals surface area contributed by atoms with Gasteiger partial charge in [0, 0.05) is 11.4 Å². The smallest absolute Gasteiger partial charge is 0.338 e. The second-order valence-electron chi connectivity index (χ2n) is 6.33. The standard InChI is InChI=1S/C22H23N3O3S/c1-3-28-21(27)19-15(2)23-22(25-20(19)16-10-6-4-7-11-16)29-14-18(26)24-17-12-8-5-9-13-17/h4-13,20H,3,14H2,1-2H3,(H,23,25)(H,24,26)/t20-/m0/s1. The first kappa shape index (κ1) is 20.7. The van der Waals surface area contributed by atoms with Gasteiger partial charge in [-0.2, -0.15) is 0 Å². The summed E-state index contributed by atoms with van der Waals surface area (Å²) in [5.41, 5.74) is 2.80. The molecule has 1 aliphatic rings. The molecule has 0 aliphatic carbocycles. The van der Waals surface area contributed by atoms with E-state index in [9.17, 15) is 9.59 Å². The van der Waals surface area contributed by atoms with Gasteiger partial charge in [0.15, 0.2) is 5.17 Å². The Labute approximate surface area is 174 Å². The van der Waals surface area contributed by atoms with Crippen LogP contribution in [0.4, 0.5) is 5.69 Å². The molecule has 0 aromatic heterocycles. The van der Waals surface area contributed by atoms with Crippen molar-refractivity contribution in [3.8, 4) is 0 Å². The van der Waals surface area contributed by atoms with E-state index in [1.165, 1.54) is 11.8 Å². The molecule has 150 valence electrons. The Hall–Kier alpha value is -3.06. The van der Waals surface area contributed by atoms with E-state index in [4.69, 9.17) is 9.73 Å². The maximum atomic E-state index is 12.5. The topological polar surface area (TPSA) is 79.8 Å². The van der Waals surface area contributed by atoms with Crippen molar-refractivity contribution in [3.63, 3.8) is 0 Å². The molecule has 2 aromatic carbocycles. The summed E-state index contributed by atoms with van der Waals surface area (Å²) in [4.78, 5) is 29.4. The molecule has 0 radical (unpaired) electrons. The minimum absolute atomic E-state index is 0.125. The second kappa shape index (κ2) is 9.93. The fourth-order valence-corrected chi connectivity index (χ4v) is 3.67. The van der Waals surface area contributed by atoms with Crippen LogP contribution in [0.5, 0.6) is 0 Å². The van der Waals surface area contributed by atoms with E-state index in [1.54, 1.807) is 6.92 Å². The number of benzene rings is 2. The highest BCUT2D eigenvalue weighted by atomic mass is 32.2. The molecule has 0 fully saturated rings. The van der Waals surface area contributed by atoms with E-state index in [2.05, 4.69) is 10.6 Å². The number of allylic oxidation sites excluding steroid dienone is 1.